The van der Waals surface area contributed by atoms with E-state index in [4.69, 9.17) is 10.5 Å². The van der Waals surface area contributed by atoms with Gasteiger partial charge in [-0.2, -0.15) is 11.3 Å². The molecule has 1 aliphatic rings. The average molecular weight is 291 g/mol. The number of ether oxygens (including phenoxy) is 1. The lowest BCUT2D eigenvalue weighted by molar-refractivity contribution is -0.129. The van der Waals surface area contributed by atoms with Crippen molar-refractivity contribution in [3.63, 3.8) is 0 Å². The van der Waals surface area contributed by atoms with Gasteiger partial charge in [0.2, 0.25) is 5.91 Å². The average Bonchev–Trinajstić information content (AvgIpc) is 2.83. The minimum Gasteiger partial charge on any atom is -0.381 e. The van der Waals surface area contributed by atoms with Crippen LogP contribution in [-0.2, 0) is 16.0 Å². The summed E-state index contributed by atoms with van der Waals surface area (Å²) in [7, 11) is 0. The largest absolute Gasteiger partial charge is 0.381 e. The molecule has 1 amide bonds. The van der Waals surface area contributed by atoms with Gasteiger partial charge in [-0.05, 0) is 41.7 Å². The molecule has 1 aromatic heterocycles. The Balaban J connectivity index is 0.00000162. The molecule has 0 aliphatic carbocycles. The van der Waals surface area contributed by atoms with Gasteiger partial charge in [0.05, 0.1) is 5.54 Å². The molecule has 3 N–H and O–H groups in total. The topological polar surface area (TPSA) is 64.4 Å². The van der Waals surface area contributed by atoms with Crippen LogP contribution in [0.1, 0.15) is 18.4 Å². The first-order valence-corrected chi connectivity index (χ1v) is 6.81. The van der Waals surface area contributed by atoms with E-state index in [1.807, 2.05) is 5.38 Å². The van der Waals surface area contributed by atoms with E-state index in [2.05, 4.69) is 16.8 Å². The van der Waals surface area contributed by atoms with Crippen LogP contribution >= 0.6 is 23.7 Å². The van der Waals surface area contributed by atoms with Crippen LogP contribution < -0.4 is 11.1 Å². The van der Waals surface area contributed by atoms with Crippen LogP contribution in [0.2, 0.25) is 0 Å². The highest BCUT2D eigenvalue weighted by molar-refractivity contribution is 7.07. The molecular weight excluding hydrogens is 272 g/mol. The first-order chi connectivity index (χ1) is 8.21. The van der Waals surface area contributed by atoms with Crippen LogP contribution in [0.15, 0.2) is 16.8 Å². The first kappa shape index (κ1) is 15.4. The Morgan fingerprint density at radius 3 is 2.83 bits per heavy atom. The Bertz CT molecular complexity index is 364. The van der Waals surface area contributed by atoms with E-state index in [0.717, 1.165) is 6.42 Å². The molecule has 1 fully saturated rings. The molecule has 1 aliphatic heterocycles. The lowest BCUT2D eigenvalue weighted by Crippen LogP contribution is -2.57. The maximum Gasteiger partial charge on any atom is 0.240 e. The van der Waals surface area contributed by atoms with Crippen molar-refractivity contribution in [3.8, 4) is 0 Å². The van der Waals surface area contributed by atoms with Gasteiger partial charge < -0.3 is 15.8 Å². The van der Waals surface area contributed by atoms with Crippen molar-refractivity contribution in [2.24, 2.45) is 5.73 Å². The second-order valence-electron chi connectivity index (χ2n) is 4.41. The Hall–Kier alpha value is -0.620. The summed E-state index contributed by atoms with van der Waals surface area (Å²) in [6.07, 6.45) is 2.08. The first-order valence-electron chi connectivity index (χ1n) is 5.87. The van der Waals surface area contributed by atoms with Gasteiger partial charge in [-0.15, -0.1) is 12.4 Å². The van der Waals surface area contributed by atoms with Crippen LogP contribution in [0, 0.1) is 0 Å². The van der Waals surface area contributed by atoms with Gasteiger partial charge in [0.15, 0.2) is 0 Å². The number of hydrogen-bond acceptors (Lipinski definition) is 4. The van der Waals surface area contributed by atoms with Crippen LogP contribution in [0.25, 0.3) is 0 Å². The third-order valence-corrected chi connectivity index (χ3v) is 3.85. The van der Waals surface area contributed by atoms with Crippen LogP contribution in [0.5, 0.6) is 0 Å². The minimum absolute atomic E-state index is 0. The second kappa shape index (κ2) is 7.09. The predicted molar refractivity (Wildman–Crippen MR) is 75.3 cm³/mol. The van der Waals surface area contributed by atoms with Crippen molar-refractivity contribution in [1.82, 2.24) is 5.32 Å². The number of rotatable bonds is 4. The third-order valence-electron chi connectivity index (χ3n) is 3.12. The van der Waals surface area contributed by atoms with E-state index in [-0.39, 0.29) is 18.3 Å². The lowest BCUT2D eigenvalue weighted by Gasteiger charge is -2.31. The fraction of sp³-hybridized carbons (Fsp3) is 0.583. The Kier molecular flexibility index (Phi) is 6.08. The van der Waals surface area contributed by atoms with Crippen molar-refractivity contribution in [2.45, 2.75) is 24.8 Å². The third kappa shape index (κ3) is 3.95. The molecular formula is C12H19ClN2O2S. The van der Waals surface area contributed by atoms with Crippen molar-refractivity contribution in [3.05, 3.63) is 22.4 Å². The van der Waals surface area contributed by atoms with Crippen molar-refractivity contribution < 1.29 is 9.53 Å². The van der Waals surface area contributed by atoms with Gasteiger partial charge in [-0.25, -0.2) is 0 Å². The predicted octanol–water partition coefficient (Wildman–Crippen LogP) is 1.34. The van der Waals surface area contributed by atoms with Crippen LogP contribution in [-0.4, -0.2) is 31.2 Å². The number of carbonyl (C=O) groups excluding carboxylic acids is 1. The summed E-state index contributed by atoms with van der Waals surface area (Å²) in [6.45, 7) is 1.80. The van der Waals surface area contributed by atoms with Crippen LogP contribution in [0.3, 0.4) is 0 Å². The monoisotopic (exact) mass is 290 g/mol. The van der Waals surface area contributed by atoms with Gasteiger partial charge >= 0.3 is 0 Å². The Morgan fingerprint density at radius 2 is 2.22 bits per heavy atom. The van der Waals surface area contributed by atoms with Gasteiger partial charge in [0.1, 0.15) is 0 Å². The fourth-order valence-corrected chi connectivity index (χ4v) is 2.60. The molecule has 0 radical (unpaired) electrons. The quantitative estimate of drug-likeness (QED) is 0.879. The van der Waals surface area contributed by atoms with E-state index in [0.29, 0.717) is 32.6 Å². The van der Waals surface area contributed by atoms with Crippen molar-refractivity contribution in [1.29, 1.82) is 0 Å². The van der Waals surface area contributed by atoms with E-state index < -0.39 is 5.54 Å². The number of carbonyl (C=O) groups is 1. The highest BCUT2D eigenvalue weighted by Crippen LogP contribution is 2.17. The molecule has 0 bridgehead atoms. The smallest absolute Gasteiger partial charge is 0.240 e. The molecule has 2 rings (SSSR count). The zero-order chi connectivity index (χ0) is 12.1. The SMILES string of the molecule is Cl.NC1(C(=O)NCCc2ccsc2)CCOCC1. The summed E-state index contributed by atoms with van der Waals surface area (Å²) in [5, 5.41) is 7.05. The van der Waals surface area contributed by atoms with E-state index in [1.165, 1.54) is 5.56 Å². The molecule has 2 heterocycles. The van der Waals surface area contributed by atoms with Gasteiger partial charge in [-0.1, -0.05) is 0 Å². The number of amides is 1. The zero-order valence-corrected chi connectivity index (χ0v) is 11.8. The summed E-state index contributed by atoms with van der Waals surface area (Å²) in [5.41, 5.74) is 6.60. The van der Waals surface area contributed by atoms with Crippen molar-refractivity contribution in [2.75, 3.05) is 19.8 Å². The molecule has 1 aromatic rings. The standard InChI is InChI=1S/C12H18N2O2S.ClH/c13-12(3-6-16-7-4-12)11(15)14-5-1-10-2-8-17-9-10;/h2,8-9H,1,3-7,13H2,(H,14,15);1H. The highest BCUT2D eigenvalue weighted by atomic mass is 35.5. The molecule has 0 unspecified atom stereocenters. The summed E-state index contributed by atoms with van der Waals surface area (Å²) >= 11 is 1.67. The van der Waals surface area contributed by atoms with E-state index in [9.17, 15) is 4.79 Å². The summed E-state index contributed by atoms with van der Waals surface area (Å²) in [6, 6.07) is 2.07. The molecule has 0 saturated carbocycles. The number of halogens is 1. The maximum atomic E-state index is 12.0. The highest BCUT2D eigenvalue weighted by Gasteiger charge is 2.35. The van der Waals surface area contributed by atoms with Gasteiger partial charge in [0.25, 0.3) is 0 Å². The number of nitrogens with one attached hydrogen (secondary N) is 1. The van der Waals surface area contributed by atoms with Gasteiger partial charge in [-0.3, -0.25) is 4.79 Å². The molecule has 0 atom stereocenters. The summed E-state index contributed by atoms with van der Waals surface area (Å²) in [5.74, 6) is -0.0453. The number of nitrogens with two attached hydrogens (primary N) is 1. The molecule has 1 saturated heterocycles. The molecule has 0 aromatic carbocycles. The number of hydrogen-bond donors (Lipinski definition) is 2. The van der Waals surface area contributed by atoms with Gasteiger partial charge in [0, 0.05) is 19.8 Å². The Labute approximate surface area is 117 Å². The fourth-order valence-electron chi connectivity index (χ4n) is 1.89. The normalized spacial score (nSPS) is 17.8. The molecule has 18 heavy (non-hydrogen) atoms. The summed E-state index contributed by atoms with van der Waals surface area (Å²) < 4.78 is 5.22. The number of thiophene rings is 1. The van der Waals surface area contributed by atoms with Crippen LogP contribution in [0.4, 0.5) is 0 Å². The molecule has 6 heteroatoms. The summed E-state index contributed by atoms with van der Waals surface area (Å²) in [4.78, 5) is 12.0. The van der Waals surface area contributed by atoms with E-state index >= 15 is 0 Å². The van der Waals surface area contributed by atoms with Crippen molar-refractivity contribution >= 4 is 29.7 Å². The molecule has 0 spiro atoms. The molecule has 4 nitrogen and oxygen atoms in total. The maximum absolute atomic E-state index is 12.0. The Morgan fingerprint density at radius 1 is 1.50 bits per heavy atom. The van der Waals surface area contributed by atoms with E-state index in [1.54, 1.807) is 11.3 Å². The second-order valence-corrected chi connectivity index (χ2v) is 5.19. The lowest BCUT2D eigenvalue weighted by atomic mass is 9.90. The molecule has 102 valence electrons. The minimum atomic E-state index is -0.729. The zero-order valence-electron chi connectivity index (χ0n) is 10.2.